The number of nitrogens with one attached hydrogen (secondary N) is 1. The third-order valence-electron chi connectivity index (χ3n) is 3.66. The average Bonchev–Trinajstić information content (AvgIpc) is 2.75. The molecule has 6 heteroatoms. The highest BCUT2D eigenvalue weighted by atomic mass is 16.5. The van der Waals surface area contributed by atoms with Gasteiger partial charge in [-0.2, -0.15) is 5.10 Å². The first-order valence-electron chi connectivity index (χ1n) is 7.16. The Hall–Kier alpha value is -1.40. The van der Waals surface area contributed by atoms with E-state index in [0.717, 1.165) is 37.7 Å². The van der Waals surface area contributed by atoms with E-state index in [9.17, 15) is 4.79 Å². The molecule has 0 aromatic carbocycles. The highest BCUT2D eigenvalue weighted by Gasteiger charge is 2.17. The fourth-order valence-corrected chi connectivity index (χ4v) is 2.44. The van der Waals surface area contributed by atoms with Crippen LogP contribution in [-0.2, 0) is 16.1 Å². The van der Waals surface area contributed by atoms with Gasteiger partial charge < -0.3 is 10.1 Å². The third-order valence-corrected chi connectivity index (χ3v) is 3.66. The molecule has 0 bridgehead atoms. The number of hydrogen-bond donors (Lipinski definition) is 1. The molecule has 0 aliphatic carbocycles. The summed E-state index contributed by atoms with van der Waals surface area (Å²) in [6.07, 6.45) is 0. The van der Waals surface area contributed by atoms with Gasteiger partial charge in [0.25, 0.3) is 0 Å². The number of rotatable bonds is 5. The molecule has 1 fully saturated rings. The molecule has 1 aromatic heterocycles. The van der Waals surface area contributed by atoms with Crippen LogP contribution in [0.1, 0.15) is 18.3 Å². The first kappa shape index (κ1) is 15.0. The number of aromatic nitrogens is 2. The van der Waals surface area contributed by atoms with Gasteiger partial charge in [-0.05, 0) is 26.8 Å². The van der Waals surface area contributed by atoms with Gasteiger partial charge in [0.05, 0.1) is 18.9 Å². The summed E-state index contributed by atoms with van der Waals surface area (Å²) in [7, 11) is 0. The number of amides is 1. The minimum absolute atomic E-state index is 0.0105. The van der Waals surface area contributed by atoms with Gasteiger partial charge in [0.1, 0.15) is 6.54 Å². The van der Waals surface area contributed by atoms with E-state index in [0.29, 0.717) is 12.6 Å². The number of aryl methyl sites for hydroxylation is 2. The predicted octanol–water partition coefficient (Wildman–Crippen LogP) is 0.337. The lowest BCUT2D eigenvalue weighted by Gasteiger charge is -2.32. The van der Waals surface area contributed by atoms with E-state index < -0.39 is 0 Å². The molecule has 1 N–H and O–H groups in total. The van der Waals surface area contributed by atoms with Gasteiger partial charge in [-0.1, -0.05) is 0 Å². The molecule has 1 amide bonds. The van der Waals surface area contributed by atoms with Crippen molar-refractivity contribution in [2.75, 3.05) is 32.8 Å². The fourth-order valence-electron chi connectivity index (χ4n) is 2.44. The van der Waals surface area contributed by atoms with Crippen molar-refractivity contribution in [2.45, 2.75) is 33.4 Å². The van der Waals surface area contributed by atoms with Crippen LogP contribution >= 0.6 is 0 Å². The first-order chi connectivity index (χ1) is 9.56. The molecule has 0 spiro atoms. The molecule has 2 heterocycles. The average molecular weight is 280 g/mol. The molecule has 2 rings (SSSR count). The first-order valence-corrected chi connectivity index (χ1v) is 7.16. The van der Waals surface area contributed by atoms with Crippen LogP contribution in [0.4, 0.5) is 0 Å². The van der Waals surface area contributed by atoms with Gasteiger partial charge >= 0.3 is 0 Å². The number of carbonyl (C=O) groups excluding carboxylic acids is 1. The minimum atomic E-state index is 0.0105. The Bertz CT molecular complexity index is 452. The topological polar surface area (TPSA) is 59.4 Å². The summed E-state index contributed by atoms with van der Waals surface area (Å²) in [5.41, 5.74) is 1.95. The number of morpholine rings is 1. The molecule has 1 atom stereocenters. The normalized spacial score (nSPS) is 17.9. The van der Waals surface area contributed by atoms with E-state index in [4.69, 9.17) is 4.74 Å². The van der Waals surface area contributed by atoms with Gasteiger partial charge in [0, 0.05) is 31.4 Å². The highest BCUT2D eigenvalue weighted by molar-refractivity contribution is 5.75. The van der Waals surface area contributed by atoms with Crippen LogP contribution in [-0.4, -0.2) is 59.5 Å². The maximum absolute atomic E-state index is 11.9. The van der Waals surface area contributed by atoms with E-state index in [2.05, 4.69) is 22.2 Å². The Morgan fingerprint density at radius 1 is 1.45 bits per heavy atom. The van der Waals surface area contributed by atoms with E-state index in [1.165, 1.54) is 0 Å². The Kier molecular flexibility index (Phi) is 5.14. The molecule has 20 heavy (non-hydrogen) atoms. The summed E-state index contributed by atoms with van der Waals surface area (Å²) in [5, 5.41) is 7.28. The molecule has 6 nitrogen and oxygen atoms in total. The van der Waals surface area contributed by atoms with Crippen LogP contribution in [0.25, 0.3) is 0 Å². The molecule has 1 aliphatic rings. The monoisotopic (exact) mass is 280 g/mol. The van der Waals surface area contributed by atoms with E-state index in [-0.39, 0.29) is 12.5 Å². The lowest BCUT2D eigenvalue weighted by atomic mass is 10.2. The molecular weight excluding hydrogens is 256 g/mol. The van der Waals surface area contributed by atoms with Crippen LogP contribution < -0.4 is 5.32 Å². The minimum Gasteiger partial charge on any atom is -0.379 e. The Morgan fingerprint density at radius 2 is 2.15 bits per heavy atom. The van der Waals surface area contributed by atoms with Crippen LogP contribution in [0.3, 0.4) is 0 Å². The lowest BCUT2D eigenvalue weighted by Crippen LogP contribution is -2.47. The smallest absolute Gasteiger partial charge is 0.241 e. The third kappa shape index (κ3) is 4.05. The fraction of sp³-hybridized carbons (Fsp3) is 0.714. The van der Waals surface area contributed by atoms with Gasteiger partial charge in [0.2, 0.25) is 5.91 Å². The van der Waals surface area contributed by atoms with Crippen LogP contribution in [0, 0.1) is 13.8 Å². The highest BCUT2D eigenvalue weighted by Crippen LogP contribution is 2.03. The van der Waals surface area contributed by atoms with E-state index >= 15 is 0 Å². The zero-order valence-electron chi connectivity index (χ0n) is 12.6. The van der Waals surface area contributed by atoms with Crippen LogP contribution in [0.2, 0.25) is 0 Å². The largest absolute Gasteiger partial charge is 0.379 e. The Balaban J connectivity index is 1.75. The molecule has 1 aliphatic heterocycles. The summed E-state index contributed by atoms with van der Waals surface area (Å²) in [6, 6.07) is 2.31. The van der Waals surface area contributed by atoms with Crippen molar-refractivity contribution in [3.63, 3.8) is 0 Å². The van der Waals surface area contributed by atoms with Crippen LogP contribution in [0.5, 0.6) is 0 Å². The number of hydrogen-bond acceptors (Lipinski definition) is 4. The van der Waals surface area contributed by atoms with Crippen molar-refractivity contribution in [2.24, 2.45) is 0 Å². The summed E-state index contributed by atoms with van der Waals surface area (Å²) >= 11 is 0. The number of ether oxygens (including phenoxy) is 1. The van der Waals surface area contributed by atoms with Gasteiger partial charge in [0.15, 0.2) is 0 Å². The van der Waals surface area contributed by atoms with Gasteiger partial charge in [-0.15, -0.1) is 0 Å². The molecule has 1 saturated heterocycles. The molecule has 0 radical (unpaired) electrons. The number of carbonyl (C=O) groups is 1. The zero-order valence-corrected chi connectivity index (χ0v) is 12.6. The molecule has 0 unspecified atom stereocenters. The number of nitrogens with zero attached hydrogens (tertiary/aromatic N) is 3. The second kappa shape index (κ2) is 6.85. The van der Waals surface area contributed by atoms with E-state index in [1.54, 1.807) is 4.68 Å². The van der Waals surface area contributed by atoms with Crippen molar-refractivity contribution in [1.29, 1.82) is 0 Å². The molecular formula is C14H24N4O2. The van der Waals surface area contributed by atoms with Crippen LogP contribution in [0.15, 0.2) is 6.07 Å². The maximum atomic E-state index is 11.9. The van der Waals surface area contributed by atoms with Gasteiger partial charge in [-0.25, -0.2) is 0 Å². The second-order valence-corrected chi connectivity index (χ2v) is 5.39. The lowest BCUT2D eigenvalue weighted by molar-refractivity contribution is -0.122. The SMILES string of the molecule is Cc1cc(C)n(CC(=O)NC[C@H](C)N2CCOCC2)n1. The summed E-state index contributed by atoms with van der Waals surface area (Å²) in [6.45, 7) is 10.4. The quantitative estimate of drug-likeness (QED) is 0.845. The van der Waals surface area contributed by atoms with Crippen molar-refractivity contribution in [3.8, 4) is 0 Å². The van der Waals surface area contributed by atoms with Crippen molar-refractivity contribution in [3.05, 3.63) is 17.5 Å². The van der Waals surface area contributed by atoms with Crippen molar-refractivity contribution < 1.29 is 9.53 Å². The maximum Gasteiger partial charge on any atom is 0.241 e. The van der Waals surface area contributed by atoms with E-state index in [1.807, 2.05) is 19.9 Å². The summed E-state index contributed by atoms with van der Waals surface area (Å²) in [5.74, 6) is 0.0105. The Morgan fingerprint density at radius 3 is 2.75 bits per heavy atom. The molecule has 1 aromatic rings. The molecule has 112 valence electrons. The standard InChI is InChI=1S/C14H24N4O2/c1-11-8-12(2)18(16-11)10-14(19)15-9-13(3)17-4-6-20-7-5-17/h8,13H,4-7,9-10H2,1-3H3,(H,15,19)/t13-/m0/s1. The zero-order chi connectivity index (χ0) is 14.5. The predicted molar refractivity (Wildman–Crippen MR) is 76.6 cm³/mol. The summed E-state index contributed by atoms with van der Waals surface area (Å²) < 4.78 is 7.07. The van der Waals surface area contributed by atoms with Gasteiger partial charge in [-0.3, -0.25) is 14.4 Å². The Labute approximate surface area is 120 Å². The molecule has 0 saturated carbocycles. The second-order valence-electron chi connectivity index (χ2n) is 5.39. The van der Waals surface area contributed by atoms with Crippen molar-refractivity contribution >= 4 is 5.91 Å². The van der Waals surface area contributed by atoms with Crippen molar-refractivity contribution in [1.82, 2.24) is 20.0 Å². The summed E-state index contributed by atoms with van der Waals surface area (Å²) in [4.78, 5) is 14.3.